The zero-order valence-corrected chi connectivity index (χ0v) is 19.3. The molecule has 3 nitrogen and oxygen atoms in total. The maximum absolute atomic E-state index is 12.6. The number of carbonyl (C=O) groups is 1. The van der Waals surface area contributed by atoms with E-state index in [1.807, 2.05) is 12.1 Å². The van der Waals surface area contributed by atoms with Crippen molar-refractivity contribution in [3.8, 4) is 6.07 Å². The molecule has 0 saturated heterocycles. The molecule has 0 saturated carbocycles. The molecule has 2 aromatic carbocycles. The van der Waals surface area contributed by atoms with E-state index in [9.17, 15) is 10.1 Å². The van der Waals surface area contributed by atoms with Crippen molar-refractivity contribution in [1.82, 2.24) is 0 Å². The highest BCUT2D eigenvalue weighted by Gasteiger charge is 2.32. The van der Waals surface area contributed by atoms with Crippen LogP contribution in [0.15, 0.2) is 47.4 Å². The van der Waals surface area contributed by atoms with Gasteiger partial charge in [-0.25, -0.2) is 0 Å². The van der Waals surface area contributed by atoms with Crippen LogP contribution in [0.1, 0.15) is 43.2 Å². The number of fused-ring (bicyclic) bond motifs is 2. The SMILES string of the molecule is CC(C)(C)[C@H]1CCc2c(sc(NC(=O)CSc3ccc4ccccc4c3)c2C#N)C1. The van der Waals surface area contributed by atoms with Crippen LogP contribution in [0, 0.1) is 22.7 Å². The summed E-state index contributed by atoms with van der Waals surface area (Å²) in [6, 6.07) is 16.8. The highest BCUT2D eigenvalue weighted by Crippen LogP contribution is 2.44. The summed E-state index contributed by atoms with van der Waals surface area (Å²) in [5.74, 6) is 0.883. The van der Waals surface area contributed by atoms with Crippen LogP contribution in [-0.2, 0) is 17.6 Å². The predicted octanol–water partition coefficient (Wildman–Crippen LogP) is 6.65. The van der Waals surface area contributed by atoms with E-state index in [0.29, 0.717) is 17.2 Å². The Labute approximate surface area is 186 Å². The van der Waals surface area contributed by atoms with E-state index in [2.05, 4.69) is 62.5 Å². The maximum atomic E-state index is 12.6. The van der Waals surface area contributed by atoms with Gasteiger partial charge in [0.2, 0.25) is 5.91 Å². The van der Waals surface area contributed by atoms with Gasteiger partial charge in [-0.05, 0) is 59.1 Å². The molecule has 3 aromatic rings. The number of anilines is 1. The molecule has 0 spiro atoms. The molecule has 0 fully saturated rings. The number of benzene rings is 2. The van der Waals surface area contributed by atoms with Gasteiger partial charge in [0, 0.05) is 9.77 Å². The van der Waals surface area contributed by atoms with Gasteiger partial charge < -0.3 is 5.32 Å². The number of thiophene rings is 1. The number of nitrogens with zero attached hydrogens (tertiary/aromatic N) is 1. The fourth-order valence-electron chi connectivity index (χ4n) is 4.10. The summed E-state index contributed by atoms with van der Waals surface area (Å²) >= 11 is 3.12. The number of amides is 1. The van der Waals surface area contributed by atoms with Gasteiger partial charge in [-0.15, -0.1) is 23.1 Å². The van der Waals surface area contributed by atoms with Crippen molar-refractivity contribution in [1.29, 1.82) is 5.26 Å². The van der Waals surface area contributed by atoms with Crippen molar-refractivity contribution in [2.75, 3.05) is 11.1 Å². The quantitative estimate of drug-likeness (QED) is 0.467. The van der Waals surface area contributed by atoms with Gasteiger partial charge in [0.25, 0.3) is 0 Å². The van der Waals surface area contributed by atoms with Gasteiger partial charge in [-0.1, -0.05) is 51.1 Å². The van der Waals surface area contributed by atoms with E-state index in [4.69, 9.17) is 0 Å². The summed E-state index contributed by atoms with van der Waals surface area (Å²) in [5.41, 5.74) is 2.08. The van der Waals surface area contributed by atoms with Crippen LogP contribution in [-0.4, -0.2) is 11.7 Å². The van der Waals surface area contributed by atoms with Crippen molar-refractivity contribution in [3.63, 3.8) is 0 Å². The normalized spacial score (nSPS) is 16.1. The molecule has 1 aliphatic rings. The topological polar surface area (TPSA) is 52.9 Å². The number of thioether (sulfide) groups is 1. The lowest BCUT2D eigenvalue weighted by Gasteiger charge is -2.33. The van der Waals surface area contributed by atoms with Crippen molar-refractivity contribution in [2.24, 2.45) is 11.3 Å². The molecular weight excluding hydrogens is 408 g/mol. The van der Waals surface area contributed by atoms with Gasteiger partial charge in [0.05, 0.1) is 11.3 Å². The minimum Gasteiger partial charge on any atom is -0.316 e. The molecule has 0 radical (unpaired) electrons. The first-order valence-corrected chi connectivity index (χ1v) is 12.1. The smallest absolute Gasteiger partial charge is 0.235 e. The lowest BCUT2D eigenvalue weighted by atomic mass is 9.72. The Hall–Kier alpha value is -2.29. The van der Waals surface area contributed by atoms with Crippen LogP contribution in [0.2, 0.25) is 0 Å². The summed E-state index contributed by atoms with van der Waals surface area (Å²) in [4.78, 5) is 15.0. The van der Waals surface area contributed by atoms with Gasteiger partial charge in [0.15, 0.2) is 0 Å². The van der Waals surface area contributed by atoms with Crippen molar-refractivity contribution < 1.29 is 4.79 Å². The third-order valence-corrected chi connectivity index (χ3v) is 8.11. The Bertz CT molecular complexity index is 1130. The zero-order chi connectivity index (χ0) is 21.3. The molecule has 0 aliphatic heterocycles. The molecule has 1 heterocycles. The standard InChI is InChI=1S/C25H26N2OS2/c1-25(2,3)18-9-11-20-21(14-26)24(30-22(20)13-18)27-23(28)15-29-19-10-8-16-6-4-5-7-17(16)12-19/h4-8,10,12,18H,9,11,13,15H2,1-3H3,(H,27,28)/t18-/m0/s1. The van der Waals surface area contributed by atoms with Gasteiger partial charge in [-0.3, -0.25) is 4.79 Å². The number of rotatable bonds is 4. The highest BCUT2D eigenvalue weighted by molar-refractivity contribution is 8.00. The van der Waals surface area contributed by atoms with E-state index in [1.165, 1.54) is 27.4 Å². The van der Waals surface area contributed by atoms with Crippen LogP contribution in [0.25, 0.3) is 10.8 Å². The average molecular weight is 435 g/mol. The minimum absolute atomic E-state index is 0.0596. The van der Waals surface area contributed by atoms with E-state index in [-0.39, 0.29) is 11.3 Å². The molecule has 154 valence electrons. The van der Waals surface area contributed by atoms with Crippen molar-refractivity contribution in [2.45, 2.75) is 44.9 Å². The lowest BCUT2D eigenvalue weighted by molar-refractivity contribution is -0.113. The molecule has 30 heavy (non-hydrogen) atoms. The summed E-state index contributed by atoms with van der Waals surface area (Å²) in [5, 5.41) is 15.8. The molecule has 5 heteroatoms. The molecule has 0 bridgehead atoms. The number of nitrogens with one attached hydrogen (secondary N) is 1. The van der Waals surface area contributed by atoms with Crippen LogP contribution in [0.4, 0.5) is 5.00 Å². The first kappa shape index (κ1) is 21.0. The maximum Gasteiger partial charge on any atom is 0.235 e. The fourth-order valence-corrected chi connectivity index (χ4v) is 6.14. The Morgan fingerprint density at radius 1 is 1.23 bits per heavy atom. The Balaban J connectivity index is 1.44. The summed E-state index contributed by atoms with van der Waals surface area (Å²) in [6.07, 6.45) is 3.03. The number of nitriles is 1. The Kier molecular flexibility index (Phi) is 5.90. The van der Waals surface area contributed by atoms with E-state index in [1.54, 1.807) is 11.3 Å². The number of carbonyl (C=O) groups excluding carboxylic acids is 1. The van der Waals surface area contributed by atoms with E-state index in [0.717, 1.165) is 34.7 Å². The fraction of sp³-hybridized carbons (Fsp3) is 0.360. The molecule has 1 aliphatic carbocycles. The summed E-state index contributed by atoms with van der Waals surface area (Å²) in [6.45, 7) is 6.86. The van der Waals surface area contributed by atoms with Crippen molar-refractivity contribution in [3.05, 3.63) is 58.5 Å². The zero-order valence-electron chi connectivity index (χ0n) is 17.6. The second-order valence-corrected chi connectivity index (χ2v) is 11.1. The molecule has 1 atom stereocenters. The predicted molar refractivity (Wildman–Crippen MR) is 127 cm³/mol. The molecule has 4 rings (SSSR count). The summed E-state index contributed by atoms with van der Waals surface area (Å²) < 4.78 is 0. The number of hydrogen-bond donors (Lipinski definition) is 1. The summed E-state index contributed by atoms with van der Waals surface area (Å²) in [7, 11) is 0. The van der Waals surface area contributed by atoms with Crippen LogP contribution in [0.3, 0.4) is 0 Å². The van der Waals surface area contributed by atoms with E-state index >= 15 is 0 Å². The van der Waals surface area contributed by atoms with Gasteiger partial charge in [-0.2, -0.15) is 5.26 Å². The van der Waals surface area contributed by atoms with Gasteiger partial charge in [0.1, 0.15) is 11.1 Å². The molecule has 1 N–H and O–H groups in total. The molecule has 1 aromatic heterocycles. The van der Waals surface area contributed by atoms with Crippen molar-refractivity contribution >= 4 is 44.8 Å². The average Bonchev–Trinajstić information content (AvgIpc) is 3.07. The third-order valence-electron chi connectivity index (χ3n) is 5.95. The van der Waals surface area contributed by atoms with E-state index < -0.39 is 0 Å². The number of hydrogen-bond acceptors (Lipinski definition) is 4. The first-order chi connectivity index (χ1) is 14.3. The monoisotopic (exact) mass is 434 g/mol. The first-order valence-electron chi connectivity index (χ1n) is 10.3. The molecular formula is C25H26N2OS2. The molecule has 1 amide bonds. The van der Waals surface area contributed by atoms with Crippen LogP contribution in [0.5, 0.6) is 0 Å². The van der Waals surface area contributed by atoms with Crippen LogP contribution < -0.4 is 5.32 Å². The second-order valence-electron chi connectivity index (χ2n) is 8.97. The van der Waals surface area contributed by atoms with Gasteiger partial charge >= 0.3 is 0 Å². The Morgan fingerprint density at radius 2 is 2.00 bits per heavy atom. The highest BCUT2D eigenvalue weighted by atomic mass is 32.2. The lowest BCUT2D eigenvalue weighted by Crippen LogP contribution is -2.26. The minimum atomic E-state index is -0.0596. The third kappa shape index (κ3) is 4.40. The Morgan fingerprint density at radius 3 is 2.73 bits per heavy atom. The second kappa shape index (κ2) is 8.45. The molecule has 0 unspecified atom stereocenters. The van der Waals surface area contributed by atoms with Crippen LogP contribution >= 0.6 is 23.1 Å². The largest absolute Gasteiger partial charge is 0.316 e.